The lowest BCUT2D eigenvalue weighted by Crippen LogP contribution is -1.82. The number of fused-ring (bicyclic) bond motifs is 2. The Labute approximate surface area is 104 Å². The molecule has 0 atom stereocenters. The van der Waals surface area contributed by atoms with Crippen LogP contribution < -0.4 is 5.73 Å². The first-order valence-electron chi connectivity index (χ1n) is 5.95. The molecule has 0 saturated carbocycles. The van der Waals surface area contributed by atoms with Crippen molar-refractivity contribution < 1.29 is 13.2 Å². The molecule has 0 bridgehead atoms. The Morgan fingerprint density at radius 2 is 1.56 bits per heavy atom. The number of hydrogen-bond donors (Lipinski definition) is 1. The Hall–Kier alpha value is -1.97. The zero-order chi connectivity index (χ0) is 13.4. The minimum Gasteiger partial charge on any atom is -0.461 e. The zero-order valence-corrected chi connectivity index (χ0v) is 10.9. The summed E-state index contributed by atoms with van der Waals surface area (Å²) in [5.74, 6) is 0.122. The molecule has 2 heterocycles. The predicted molar refractivity (Wildman–Crippen MR) is 71.2 cm³/mol. The molecule has 0 amide bonds. The Morgan fingerprint density at radius 1 is 1.00 bits per heavy atom. The van der Waals surface area contributed by atoms with E-state index in [2.05, 4.69) is 0 Å². The van der Waals surface area contributed by atoms with Gasteiger partial charge in [-0.25, -0.2) is 4.39 Å². The second kappa shape index (κ2) is 4.37. The van der Waals surface area contributed by atoms with Crippen molar-refractivity contribution in [2.75, 3.05) is 5.73 Å². The van der Waals surface area contributed by atoms with Crippen molar-refractivity contribution in [3.63, 3.8) is 0 Å². The van der Waals surface area contributed by atoms with Crippen LogP contribution in [0.1, 0.15) is 25.2 Å². The molecule has 4 heteroatoms. The molecule has 0 unspecified atom stereocenters. The number of nitrogens with two attached hydrogens (primary N) is 1. The maximum atomic E-state index is 13.5. The van der Waals surface area contributed by atoms with E-state index in [1.165, 1.54) is 0 Å². The van der Waals surface area contributed by atoms with Gasteiger partial charge in [0.1, 0.15) is 16.9 Å². The van der Waals surface area contributed by atoms with Gasteiger partial charge < -0.3 is 14.6 Å². The summed E-state index contributed by atoms with van der Waals surface area (Å²) in [4.78, 5) is 0. The summed E-state index contributed by atoms with van der Waals surface area (Å²) >= 11 is 0. The van der Waals surface area contributed by atoms with Crippen molar-refractivity contribution in [3.05, 3.63) is 29.3 Å². The summed E-state index contributed by atoms with van der Waals surface area (Å²) in [5.41, 5.74) is 7.52. The molecule has 0 fully saturated rings. The molecule has 3 aromatic rings. The number of hydrogen-bond acceptors (Lipinski definition) is 3. The zero-order valence-electron chi connectivity index (χ0n) is 10.9. The van der Waals surface area contributed by atoms with Crippen LogP contribution in [0.2, 0.25) is 0 Å². The van der Waals surface area contributed by atoms with E-state index in [9.17, 15) is 4.39 Å². The van der Waals surface area contributed by atoms with E-state index < -0.39 is 5.82 Å². The molecular formula is C14H16FNO2. The molecule has 18 heavy (non-hydrogen) atoms. The predicted octanol–water partition coefficient (Wildman–Crippen LogP) is 4.54. The number of nitrogen functional groups attached to an aromatic ring is 1. The second-order valence-electron chi connectivity index (χ2n) is 3.91. The fraction of sp³-hybridized carbons (Fsp3) is 0.286. The molecule has 2 N–H and O–H groups in total. The van der Waals surface area contributed by atoms with Gasteiger partial charge in [0.2, 0.25) is 5.88 Å². The fourth-order valence-electron chi connectivity index (χ4n) is 1.92. The SMILES string of the molecule is CC.Cc1oc2cc3c(F)c(N)oc3cc2c1C. The highest BCUT2D eigenvalue weighted by Gasteiger charge is 2.15. The van der Waals surface area contributed by atoms with Gasteiger partial charge >= 0.3 is 0 Å². The first-order chi connectivity index (χ1) is 8.58. The quantitative estimate of drug-likeness (QED) is 0.636. The van der Waals surface area contributed by atoms with Crippen LogP contribution >= 0.6 is 0 Å². The van der Waals surface area contributed by atoms with Gasteiger partial charge in [-0.1, -0.05) is 13.8 Å². The van der Waals surface area contributed by atoms with Gasteiger partial charge in [0.25, 0.3) is 0 Å². The lowest BCUT2D eigenvalue weighted by molar-refractivity contribution is 0.575. The molecule has 0 aliphatic heterocycles. The van der Waals surface area contributed by atoms with Crippen molar-refractivity contribution in [2.24, 2.45) is 0 Å². The Morgan fingerprint density at radius 3 is 2.22 bits per heavy atom. The third kappa shape index (κ3) is 1.65. The number of benzene rings is 1. The molecule has 2 aromatic heterocycles. The van der Waals surface area contributed by atoms with Crippen molar-refractivity contribution in [1.29, 1.82) is 0 Å². The first-order valence-corrected chi connectivity index (χ1v) is 5.95. The van der Waals surface area contributed by atoms with Gasteiger partial charge in [-0.05, 0) is 31.5 Å². The molecule has 0 saturated heterocycles. The van der Waals surface area contributed by atoms with Crippen molar-refractivity contribution >= 4 is 27.8 Å². The number of anilines is 1. The molecule has 0 aliphatic carbocycles. The number of halogens is 1. The van der Waals surface area contributed by atoms with E-state index >= 15 is 0 Å². The second-order valence-corrected chi connectivity index (χ2v) is 3.91. The van der Waals surface area contributed by atoms with Crippen LogP contribution in [-0.4, -0.2) is 0 Å². The normalized spacial score (nSPS) is 10.7. The third-order valence-electron chi connectivity index (χ3n) is 2.95. The van der Waals surface area contributed by atoms with Crippen LogP contribution in [0.3, 0.4) is 0 Å². The van der Waals surface area contributed by atoms with E-state index in [0.717, 1.165) is 16.7 Å². The summed E-state index contributed by atoms with van der Waals surface area (Å²) < 4.78 is 24.2. The largest absolute Gasteiger partial charge is 0.461 e. The van der Waals surface area contributed by atoms with E-state index in [0.29, 0.717) is 16.6 Å². The summed E-state index contributed by atoms with van der Waals surface area (Å²) in [6.45, 7) is 7.83. The highest BCUT2D eigenvalue weighted by atomic mass is 19.1. The topological polar surface area (TPSA) is 52.3 Å². The minimum absolute atomic E-state index is 0.183. The van der Waals surface area contributed by atoms with Gasteiger partial charge in [0.15, 0.2) is 5.82 Å². The van der Waals surface area contributed by atoms with Crippen LogP contribution in [0.4, 0.5) is 10.3 Å². The van der Waals surface area contributed by atoms with Gasteiger partial charge in [-0.2, -0.15) is 0 Å². The minimum atomic E-state index is -0.524. The van der Waals surface area contributed by atoms with Gasteiger partial charge in [0, 0.05) is 5.39 Å². The summed E-state index contributed by atoms with van der Waals surface area (Å²) in [6.07, 6.45) is 0. The van der Waals surface area contributed by atoms with Crippen LogP contribution in [-0.2, 0) is 0 Å². The van der Waals surface area contributed by atoms with E-state index in [1.807, 2.05) is 27.7 Å². The molecule has 1 aromatic carbocycles. The van der Waals surface area contributed by atoms with Crippen LogP contribution in [0.5, 0.6) is 0 Å². The standard InChI is InChI=1S/C12H10FNO2.C2H6/c1-5-6(2)15-9-4-8-10(3-7(5)9)16-12(14)11(8)13;1-2/h3-4H,14H2,1-2H3;1-2H3. The van der Waals surface area contributed by atoms with Gasteiger partial charge in [0.05, 0.1) is 5.39 Å². The van der Waals surface area contributed by atoms with Crippen LogP contribution in [0.25, 0.3) is 21.9 Å². The maximum Gasteiger partial charge on any atom is 0.227 e. The van der Waals surface area contributed by atoms with E-state index in [-0.39, 0.29) is 5.88 Å². The van der Waals surface area contributed by atoms with Gasteiger partial charge in [-0.3, -0.25) is 0 Å². The monoisotopic (exact) mass is 249 g/mol. The fourth-order valence-corrected chi connectivity index (χ4v) is 1.92. The molecule has 3 rings (SSSR count). The van der Waals surface area contributed by atoms with Crippen LogP contribution in [0.15, 0.2) is 21.0 Å². The molecule has 0 spiro atoms. The third-order valence-corrected chi connectivity index (χ3v) is 2.95. The summed E-state index contributed by atoms with van der Waals surface area (Å²) in [5, 5.41) is 1.29. The van der Waals surface area contributed by atoms with Gasteiger partial charge in [-0.15, -0.1) is 0 Å². The lowest BCUT2D eigenvalue weighted by atomic mass is 10.1. The Balaban J connectivity index is 0.000000574. The average molecular weight is 249 g/mol. The molecule has 96 valence electrons. The Bertz CT molecular complexity index is 647. The number of furan rings is 2. The van der Waals surface area contributed by atoms with Crippen LogP contribution in [0, 0.1) is 19.7 Å². The number of aryl methyl sites for hydroxylation is 2. The summed E-state index contributed by atoms with van der Waals surface area (Å²) in [6, 6.07) is 3.38. The highest BCUT2D eigenvalue weighted by molar-refractivity contribution is 5.96. The highest BCUT2D eigenvalue weighted by Crippen LogP contribution is 2.33. The molecule has 0 radical (unpaired) electrons. The lowest BCUT2D eigenvalue weighted by Gasteiger charge is -1.90. The smallest absolute Gasteiger partial charge is 0.227 e. The maximum absolute atomic E-state index is 13.5. The van der Waals surface area contributed by atoms with Crippen molar-refractivity contribution in [3.8, 4) is 0 Å². The summed E-state index contributed by atoms with van der Waals surface area (Å²) in [7, 11) is 0. The molecular weight excluding hydrogens is 233 g/mol. The average Bonchev–Trinajstić information content (AvgIpc) is 2.80. The number of rotatable bonds is 0. The van der Waals surface area contributed by atoms with Crippen molar-refractivity contribution in [1.82, 2.24) is 0 Å². The van der Waals surface area contributed by atoms with Crippen molar-refractivity contribution in [2.45, 2.75) is 27.7 Å². The van der Waals surface area contributed by atoms with E-state index in [4.69, 9.17) is 14.6 Å². The molecule has 0 aliphatic rings. The first kappa shape index (κ1) is 12.5. The van der Waals surface area contributed by atoms with E-state index in [1.54, 1.807) is 12.1 Å². The molecule has 3 nitrogen and oxygen atoms in total. The Kier molecular flexibility index (Phi) is 3.03.